The molecule has 1 N–H and O–H groups in total. The molecule has 1 aromatic carbocycles. The topological polar surface area (TPSA) is 79.0 Å². The molecule has 5 atom stereocenters. The second-order valence-corrected chi connectivity index (χ2v) is 9.35. The van der Waals surface area contributed by atoms with Gasteiger partial charge in [-0.1, -0.05) is 24.3 Å². The van der Waals surface area contributed by atoms with Gasteiger partial charge < -0.3 is 10.1 Å². The summed E-state index contributed by atoms with van der Waals surface area (Å²) in [4.78, 5) is 41.5. The summed E-state index contributed by atoms with van der Waals surface area (Å²) in [5, 5.41) is 2.79. The standard InChI is InChI=1S/C24H26F3N3O4/c25-24(26,27)17-5-3-14(4-6-17)18(29-7-9-34-10-8-29)12-28-19(31)13-30-22(32)20-15-1-2-16(11-15)21(20)23(30)33/h1-6,15-16,18,20-21H,7-13H2,(H,28,31). The molecule has 0 spiro atoms. The van der Waals surface area contributed by atoms with E-state index in [1.165, 1.54) is 12.1 Å². The summed E-state index contributed by atoms with van der Waals surface area (Å²) in [6, 6.07) is 4.55. The third kappa shape index (κ3) is 4.13. The van der Waals surface area contributed by atoms with Crippen molar-refractivity contribution in [3.05, 3.63) is 47.5 Å². The zero-order chi connectivity index (χ0) is 24.0. The molecule has 182 valence electrons. The van der Waals surface area contributed by atoms with E-state index in [1.807, 2.05) is 17.1 Å². The fraction of sp³-hybridized carbons (Fsp3) is 0.542. The number of nitrogens with zero attached hydrogens (tertiary/aromatic N) is 2. The summed E-state index contributed by atoms with van der Waals surface area (Å²) in [6.45, 7) is 1.92. The SMILES string of the molecule is O=C(CN1C(=O)C2C3C=CC(C3)C2C1=O)NCC(c1ccc(C(F)(F)F)cc1)N1CCOCC1. The van der Waals surface area contributed by atoms with Gasteiger partial charge in [-0.25, -0.2) is 0 Å². The predicted molar refractivity (Wildman–Crippen MR) is 114 cm³/mol. The first-order valence-electron chi connectivity index (χ1n) is 11.5. The van der Waals surface area contributed by atoms with Gasteiger partial charge in [0.05, 0.1) is 36.7 Å². The molecular weight excluding hydrogens is 451 g/mol. The molecule has 2 heterocycles. The molecule has 2 aliphatic carbocycles. The highest BCUT2D eigenvalue weighted by molar-refractivity contribution is 6.08. The number of carbonyl (C=O) groups is 3. The molecule has 1 aromatic rings. The molecular formula is C24H26F3N3O4. The fourth-order valence-corrected chi connectivity index (χ4v) is 5.77. The quantitative estimate of drug-likeness (QED) is 0.501. The highest BCUT2D eigenvalue weighted by atomic mass is 19.4. The summed E-state index contributed by atoms with van der Waals surface area (Å²) in [5.74, 6) is -1.60. The molecule has 2 bridgehead atoms. The lowest BCUT2D eigenvalue weighted by Crippen LogP contribution is -2.46. The van der Waals surface area contributed by atoms with E-state index in [0.717, 1.165) is 23.5 Å². The Morgan fingerprint density at radius 2 is 1.62 bits per heavy atom. The number of rotatable bonds is 6. The lowest BCUT2D eigenvalue weighted by Gasteiger charge is -2.35. The van der Waals surface area contributed by atoms with Gasteiger partial charge in [0.2, 0.25) is 17.7 Å². The largest absolute Gasteiger partial charge is 0.416 e. The smallest absolute Gasteiger partial charge is 0.379 e. The Kier molecular flexibility index (Phi) is 5.97. The monoisotopic (exact) mass is 477 g/mol. The number of morpholine rings is 1. The summed E-state index contributed by atoms with van der Waals surface area (Å²) in [5.41, 5.74) is -0.0956. The van der Waals surface area contributed by atoms with Crippen LogP contribution >= 0.6 is 0 Å². The zero-order valence-electron chi connectivity index (χ0n) is 18.5. The summed E-state index contributed by atoms with van der Waals surface area (Å²) in [7, 11) is 0. The van der Waals surface area contributed by atoms with Gasteiger partial charge in [0, 0.05) is 19.6 Å². The van der Waals surface area contributed by atoms with E-state index in [2.05, 4.69) is 5.32 Å². The van der Waals surface area contributed by atoms with Crippen molar-refractivity contribution in [2.45, 2.75) is 18.6 Å². The van der Waals surface area contributed by atoms with Crippen molar-refractivity contribution in [2.75, 3.05) is 39.4 Å². The molecule has 4 aliphatic rings. The van der Waals surface area contributed by atoms with E-state index in [4.69, 9.17) is 4.74 Å². The first-order chi connectivity index (χ1) is 16.2. The Labute approximate surface area is 194 Å². The van der Waals surface area contributed by atoms with Gasteiger partial charge in [0.25, 0.3) is 0 Å². The van der Waals surface area contributed by atoms with Crippen LogP contribution in [0.3, 0.4) is 0 Å². The number of hydrogen-bond acceptors (Lipinski definition) is 5. The maximum absolute atomic E-state index is 13.0. The number of halogens is 3. The predicted octanol–water partition coefficient (Wildman–Crippen LogP) is 2.00. The highest BCUT2D eigenvalue weighted by Gasteiger charge is 2.59. The van der Waals surface area contributed by atoms with E-state index in [9.17, 15) is 27.6 Å². The number of amides is 3. The van der Waals surface area contributed by atoms with Crippen LogP contribution in [0, 0.1) is 23.7 Å². The van der Waals surface area contributed by atoms with Crippen molar-refractivity contribution in [3.8, 4) is 0 Å². The number of nitrogens with one attached hydrogen (secondary N) is 1. The van der Waals surface area contributed by atoms with Gasteiger partial charge in [0.1, 0.15) is 6.54 Å². The van der Waals surface area contributed by atoms with Crippen molar-refractivity contribution >= 4 is 17.7 Å². The van der Waals surface area contributed by atoms with Gasteiger partial charge in [-0.05, 0) is 36.0 Å². The molecule has 2 aliphatic heterocycles. The lowest BCUT2D eigenvalue weighted by molar-refractivity contribution is -0.144. The third-order valence-electron chi connectivity index (χ3n) is 7.47. The number of ether oxygens (including phenoxy) is 1. The summed E-state index contributed by atoms with van der Waals surface area (Å²) in [6.07, 6.45) is 0.389. The normalized spacial score (nSPS) is 29.6. The van der Waals surface area contributed by atoms with E-state index in [1.54, 1.807) is 0 Å². The van der Waals surface area contributed by atoms with Crippen molar-refractivity contribution < 1.29 is 32.3 Å². The Bertz CT molecular complexity index is 974. The van der Waals surface area contributed by atoms with Crippen LogP contribution < -0.4 is 5.32 Å². The first-order valence-corrected chi connectivity index (χ1v) is 11.5. The molecule has 34 heavy (non-hydrogen) atoms. The minimum absolute atomic E-state index is 0.0740. The highest BCUT2D eigenvalue weighted by Crippen LogP contribution is 2.52. The van der Waals surface area contributed by atoms with Gasteiger partial charge in [-0.2, -0.15) is 13.2 Å². The van der Waals surface area contributed by atoms with Gasteiger partial charge in [0.15, 0.2) is 0 Å². The zero-order valence-corrected chi connectivity index (χ0v) is 18.5. The Balaban J connectivity index is 1.25. The van der Waals surface area contributed by atoms with Crippen LogP contribution in [-0.4, -0.2) is 66.9 Å². The molecule has 3 fully saturated rings. The number of likely N-dealkylation sites (tertiary alicyclic amines) is 1. The molecule has 5 unspecified atom stereocenters. The molecule has 10 heteroatoms. The summed E-state index contributed by atoms with van der Waals surface area (Å²) >= 11 is 0. The summed E-state index contributed by atoms with van der Waals surface area (Å²) < 4.78 is 44.3. The molecule has 2 saturated heterocycles. The maximum Gasteiger partial charge on any atom is 0.416 e. The number of benzene rings is 1. The minimum Gasteiger partial charge on any atom is -0.379 e. The average Bonchev–Trinajstić information content (AvgIpc) is 3.50. The van der Waals surface area contributed by atoms with Crippen LogP contribution in [0.25, 0.3) is 0 Å². The van der Waals surface area contributed by atoms with Gasteiger partial charge in [-0.15, -0.1) is 0 Å². The number of imide groups is 1. The number of allylic oxidation sites excluding steroid dienone is 2. The van der Waals surface area contributed by atoms with Crippen LogP contribution in [0.2, 0.25) is 0 Å². The number of fused-ring (bicyclic) bond motifs is 5. The second-order valence-electron chi connectivity index (χ2n) is 9.35. The number of hydrogen-bond donors (Lipinski definition) is 1. The molecule has 1 saturated carbocycles. The Morgan fingerprint density at radius 3 is 2.18 bits per heavy atom. The Hall–Kier alpha value is -2.72. The van der Waals surface area contributed by atoms with E-state index in [0.29, 0.717) is 31.9 Å². The fourth-order valence-electron chi connectivity index (χ4n) is 5.77. The average molecular weight is 477 g/mol. The van der Waals surface area contributed by atoms with Crippen LogP contribution in [0.5, 0.6) is 0 Å². The van der Waals surface area contributed by atoms with Crippen LogP contribution in [0.4, 0.5) is 13.2 Å². The molecule has 3 amide bonds. The Morgan fingerprint density at radius 1 is 1.03 bits per heavy atom. The van der Waals surface area contributed by atoms with E-state index < -0.39 is 17.6 Å². The van der Waals surface area contributed by atoms with Crippen molar-refractivity contribution in [3.63, 3.8) is 0 Å². The second kappa shape index (κ2) is 8.81. The van der Waals surface area contributed by atoms with Crippen LogP contribution in [0.1, 0.15) is 23.6 Å². The maximum atomic E-state index is 13.0. The molecule has 5 rings (SSSR count). The van der Waals surface area contributed by atoms with Crippen molar-refractivity contribution in [1.82, 2.24) is 15.1 Å². The lowest BCUT2D eigenvalue weighted by atomic mass is 9.85. The number of alkyl halides is 3. The van der Waals surface area contributed by atoms with E-state index >= 15 is 0 Å². The third-order valence-corrected chi connectivity index (χ3v) is 7.47. The van der Waals surface area contributed by atoms with Crippen molar-refractivity contribution in [1.29, 1.82) is 0 Å². The minimum atomic E-state index is -4.43. The van der Waals surface area contributed by atoms with E-state index in [-0.39, 0.29) is 54.6 Å². The molecule has 7 nitrogen and oxygen atoms in total. The number of carbonyl (C=O) groups excluding carboxylic acids is 3. The molecule has 0 radical (unpaired) electrons. The molecule has 0 aromatic heterocycles. The van der Waals surface area contributed by atoms with Crippen LogP contribution in [0.15, 0.2) is 36.4 Å². The first kappa shape index (κ1) is 23.0. The van der Waals surface area contributed by atoms with Crippen molar-refractivity contribution in [2.24, 2.45) is 23.7 Å². The van der Waals surface area contributed by atoms with Gasteiger partial charge >= 0.3 is 6.18 Å². The van der Waals surface area contributed by atoms with Gasteiger partial charge in [-0.3, -0.25) is 24.2 Å². The van der Waals surface area contributed by atoms with Crippen LogP contribution in [-0.2, 0) is 25.3 Å².